The highest BCUT2D eigenvalue weighted by Gasteiger charge is 2.55. The van der Waals surface area contributed by atoms with Crippen LogP contribution < -0.4 is 4.90 Å². The number of hydrogen-bond donors (Lipinski definition) is 0. The smallest absolute Gasteiger partial charge is 0.263 e. The molecule has 1 aliphatic carbocycles. The maximum Gasteiger partial charge on any atom is 0.263 e. The van der Waals surface area contributed by atoms with E-state index in [0.29, 0.717) is 17.4 Å². The summed E-state index contributed by atoms with van der Waals surface area (Å²) in [6.07, 6.45) is 3.11. The van der Waals surface area contributed by atoms with Crippen LogP contribution in [0.1, 0.15) is 23.4 Å². The van der Waals surface area contributed by atoms with E-state index in [0.717, 1.165) is 24.8 Å². The molecule has 0 unspecified atom stereocenters. The van der Waals surface area contributed by atoms with Gasteiger partial charge in [0.2, 0.25) is 11.7 Å². The summed E-state index contributed by atoms with van der Waals surface area (Å²) in [5, 5.41) is 13.6. The summed E-state index contributed by atoms with van der Waals surface area (Å²) in [4.78, 5) is 31.8. The van der Waals surface area contributed by atoms with Crippen molar-refractivity contribution in [2.75, 3.05) is 4.90 Å². The van der Waals surface area contributed by atoms with Gasteiger partial charge in [0, 0.05) is 5.56 Å². The van der Waals surface area contributed by atoms with Gasteiger partial charge in [0.1, 0.15) is 6.54 Å². The van der Waals surface area contributed by atoms with Crippen LogP contribution in [0.25, 0.3) is 11.4 Å². The number of imide groups is 1. The topological polar surface area (TPSA) is 104 Å². The molecule has 6 rings (SSSR count). The van der Waals surface area contributed by atoms with Crippen molar-refractivity contribution in [1.29, 1.82) is 0 Å². The molecule has 154 valence electrons. The van der Waals surface area contributed by atoms with Crippen molar-refractivity contribution < 1.29 is 14.1 Å². The first-order chi connectivity index (χ1) is 15.2. The van der Waals surface area contributed by atoms with E-state index < -0.39 is 12.1 Å². The van der Waals surface area contributed by atoms with E-state index in [-0.39, 0.29) is 18.4 Å². The van der Waals surface area contributed by atoms with Gasteiger partial charge >= 0.3 is 0 Å². The molecule has 31 heavy (non-hydrogen) atoms. The van der Waals surface area contributed by atoms with Crippen LogP contribution in [0.4, 0.5) is 5.69 Å². The largest absolute Gasteiger partial charge is 0.337 e. The second-order valence-corrected chi connectivity index (χ2v) is 7.89. The summed E-state index contributed by atoms with van der Waals surface area (Å²) in [5.74, 6) is 0.0713. The Balaban J connectivity index is 1.24. The van der Waals surface area contributed by atoms with Gasteiger partial charge in [-0.05, 0) is 42.5 Å². The molecule has 0 saturated carbocycles. The number of nitrogens with zero attached hydrogens (tertiary/aromatic N) is 6. The minimum Gasteiger partial charge on any atom is -0.337 e. The van der Waals surface area contributed by atoms with E-state index in [9.17, 15) is 9.59 Å². The van der Waals surface area contributed by atoms with E-state index >= 15 is 0 Å². The van der Waals surface area contributed by atoms with Gasteiger partial charge in [0.15, 0.2) is 12.1 Å². The lowest BCUT2D eigenvalue weighted by Gasteiger charge is -2.19. The van der Waals surface area contributed by atoms with Gasteiger partial charge in [0.25, 0.3) is 11.8 Å². The summed E-state index contributed by atoms with van der Waals surface area (Å²) < 4.78 is 5.34. The van der Waals surface area contributed by atoms with Crippen molar-refractivity contribution in [3.05, 3.63) is 65.5 Å². The summed E-state index contributed by atoms with van der Waals surface area (Å²) >= 11 is 0. The van der Waals surface area contributed by atoms with Gasteiger partial charge in [-0.3, -0.25) is 14.6 Å². The van der Waals surface area contributed by atoms with E-state index in [1.165, 1.54) is 21.0 Å². The van der Waals surface area contributed by atoms with Crippen molar-refractivity contribution in [2.24, 2.45) is 10.3 Å². The highest BCUT2D eigenvalue weighted by atomic mass is 16.5. The molecular weight excluding hydrogens is 396 g/mol. The third kappa shape index (κ3) is 2.84. The number of hydrogen-bond acceptors (Lipinski definition) is 8. The number of anilines is 1. The maximum atomic E-state index is 13.2. The molecule has 0 bridgehead atoms. The highest BCUT2D eigenvalue weighted by molar-refractivity contribution is 6.25. The Labute approximate surface area is 177 Å². The summed E-state index contributed by atoms with van der Waals surface area (Å²) in [6, 6.07) is 13.6. The first-order valence-electron chi connectivity index (χ1n) is 10.2. The van der Waals surface area contributed by atoms with Crippen LogP contribution in [0.5, 0.6) is 0 Å². The Kier molecular flexibility index (Phi) is 3.95. The number of carbonyl (C=O) groups is 2. The molecule has 0 radical (unpaired) electrons. The number of aromatic nitrogens is 2. The van der Waals surface area contributed by atoms with Crippen LogP contribution >= 0.6 is 0 Å². The van der Waals surface area contributed by atoms with Gasteiger partial charge in [0.05, 0.1) is 5.69 Å². The molecular formula is C22H18N6O3. The van der Waals surface area contributed by atoms with E-state index in [2.05, 4.69) is 20.5 Å². The Morgan fingerprint density at radius 2 is 1.84 bits per heavy atom. The molecule has 1 aromatic heterocycles. The standard InChI is InChI=1S/C22H18N6O3/c29-21-18-19(22(30)28(21)16-10-9-13-7-4-8-15(13)11-16)27(26-24-18)12-17-23-20(25-31-17)14-5-2-1-3-6-14/h1-3,5-6,9-11,18-19H,4,7-8,12H2/t18-,19+/m0/s1. The van der Waals surface area contributed by atoms with Crippen LogP contribution in [0.15, 0.2) is 63.4 Å². The number of fused-ring (bicyclic) bond motifs is 2. The third-order valence-corrected chi connectivity index (χ3v) is 6.00. The van der Waals surface area contributed by atoms with Crippen LogP contribution in [0, 0.1) is 0 Å². The first-order valence-corrected chi connectivity index (χ1v) is 10.2. The Morgan fingerprint density at radius 3 is 2.71 bits per heavy atom. The molecule has 1 saturated heterocycles. The summed E-state index contributed by atoms with van der Waals surface area (Å²) in [6.45, 7) is 0.0988. The van der Waals surface area contributed by atoms with Crippen molar-refractivity contribution in [2.45, 2.75) is 37.9 Å². The lowest BCUT2D eigenvalue weighted by molar-refractivity contribution is -0.123. The van der Waals surface area contributed by atoms with Crippen molar-refractivity contribution in [3.8, 4) is 11.4 Å². The molecule has 0 N–H and O–H groups in total. The van der Waals surface area contributed by atoms with E-state index in [1.54, 1.807) is 0 Å². The second kappa shape index (κ2) is 6.83. The second-order valence-electron chi connectivity index (χ2n) is 7.89. The SMILES string of the molecule is O=C1[C@H]2N=NN(Cc3nc(-c4ccccc4)no3)[C@H]2C(=O)N1c1ccc2c(c1)CCC2. The summed E-state index contributed by atoms with van der Waals surface area (Å²) in [5.41, 5.74) is 3.92. The van der Waals surface area contributed by atoms with Crippen LogP contribution in [-0.2, 0) is 29.0 Å². The van der Waals surface area contributed by atoms with Crippen molar-refractivity contribution >= 4 is 17.5 Å². The fourth-order valence-electron chi connectivity index (χ4n) is 4.47. The molecule has 9 heteroatoms. The molecule has 2 aromatic carbocycles. The lowest BCUT2D eigenvalue weighted by atomic mass is 10.1. The zero-order valence-corrected chi connectivity index (χ0v) is 16.5. The van der Waals surface area contributed by atoms with E-state index in [4.69, 9.17) is 4.52 Å². The van der Waals surface area contributed by atoms with Crippen LogP contribution in [0.3, 0.4) is 0 Å². The number of aryl methyl sites for hydroxylation is 2. The van der Waals surface area contributed by atoms with Crippen molar-refractivity contribution in [3.63, 3.8) is 0 Å². The Bertz CT molecular complexity index is 1220. The fourth-order valence-corrected chi connectivity index (χ4v) is 4.47. The lowest BCUT2D eigenvalue weighted by Crippen LogP contribution is -2.39. The molecule has 2 amide bonds. The Hall–Kier alpha value is -3.88. The fraction of sp³-hybridized carbons (Fsp3) is 0.273. The zero-order chi connectivity index (χ0) is 20.9. The normalized spacial score (nSPS) is 21.8. The summed E-state index contributed by atoms with van der Waals surface area (Å²) in [7, 11) is 0. The third-order valence-electron chi connectivity index (χ3n) is 6.00. The molecule has 1 fully saturated rings. The predicted octanol–water partition coefficient (Wildman–Crippen LogP) is 2.72. The van der Waals surface area contributed by atoms with E-state index in [1.807, 2.05) is 48.5 Å². The zero-order valence-electron chi connectivity index (χ0n) is 16.5. The predicted molar refractivity (Wildman–Crippen MR) is 109 cm³/mol. The monoisotopic (exact) mass is 414 g/mol. The molecule has 3 aliphatic rings. The first kappa shape index (κ1) is 17.9. The minimum atomic E-state index is -0.850. The quantitative estimate of drug-likeness (QED) is 0.608. The number of benzene rings is 2. The van der Waals surface area contributed by atoms with Gasteiger partial charge in [-0.1, -0.05) is 46.8 Å². The maximum absolute atomic E-state index is 13.2. The van der Waals surface area contributed by atoms with Crippen LogP contribution in [0.2, 0.25) is 0 Å². The Morgan fingerprint density at radius 1 is 1.00 bits per heavy atom. The molecule has 2 aliphatic heterocycles. The average molecular weight is 414 g/mol. The minimum absolute atomic E-state index is 0.0988. The molecule has 3 heterocycles. The van der Waals surface area contributed by atoms with Gasteiger partial charge in [-0.25, -0.2) is 4.90 Å². The molecule has 2 atom stereocenters. The molecule has 9 nitrogen and oxygen atoms in total. The highest BCUT2D eigenvalue weighted by Crippen LogP contribution is 2.35. The molecule has 3 aromatic rings. The number of rotatable bonds is 4. The van der Waals surface area contributed by atoms with Crippen molar-refractivity contribution in [1.82, 2.24) is 15.1 Å². The molecule has 0 spiro atoms. The average Bonchev–Trinajstić information content (AvgIpc) is 3.56. The van der Waals surface area contributed by atoms with Crippen LogP contribution in [-0.4, -0.2) is 39.0 Å². The number of amides is 2. The number of carbonyl (C=O) groups excluding carboxylic acids is 2. The van der Waals surface area contributed by atoms with Gasteiger partial charge < -0.3 is 4.52 Å². The van der Waals surface area contributed by atoms with Gasteiger partial charge in [-0.2, -0.15) is 10.1 Å². The van der Waals surface area contributed by atoms with Gasteiger partial charge in [-0.15, -0.1) is 0 Å².